The SMILES string of the molecule is COc1cccc(C(=O)Nc2cccc(C(=O)OC(C)C)c2)c1. The zero-order valence-corrected chi connectivity index (χ0v) is 13.3. The van der Waals surface area contributed by atoms with E-state index in [0.29, 0.717) is 22.6 Å². The van der Waals surface area contributed by atoms with Crippen LogP contribution in [-0.2, 0) is 4.74 Å². The summed E-state index contributed by atoms with van der Waals surface area (Å²) >= 11 is 0. The van der Waals surface area contributed by atoms with Crippen molar-refractivity contribution in [1.82, 2.24) is 0 Å². The Morgan fingerprint density at radius 3 is 2.39 bits per heavy atom. The highest BCUT2D eigenvalue weighted by Gasteiger charge is 2.11. The molecule has 2 aromatic carbocycles. The van der Waals surface area contributed by atoms with Crippen LogP contribution in [0.15, 0.2) is 48.5 Å². The van der Waals surface area contributed by atoms with Crippen LogP contribution in [0.5, 0.6) is 5.75 Å². The maximum absolute atomic E-state index is 12.3. The lowest BCUT2D eigenvalue weighted by Crippen LogP contribution is -2.14. The van der Waals surface area contributed by atoms with Gasteiger partial charge in [0.1, 0.15) is 5.75 Å². The Labute approximate surface area is 135 Å². The molecule has 0 aliphatic rings. The fourth-order valence-corrected chi connectivity index (χ4v) is 1.97. The summed E-state index contributed by atoms with van der Waals surface area (Å²) in [4.78, 5) is 24.2. The third-order valence-corrected chi connectivity index (χ3v) is 3.03. The Morgan fingerprint density at radius 1 is 1.00 bits per heavy atom. The highest BCUT2D eigenvalue weighted by Crippen LogP contribution is 2.16. The van der Waals surface area contributed by atoms with Gasteiger partial charge in [-0.1, -0.05) is 12.1 Å². The number of rotatable bonds is 5. The second-order valence-corrected chi connectivity index (χ2v) is 5.22. The monoisotopic (exact) mass is 313 g/mol. The lowest BCUT2D eigenvalue weighted by atomic mass is 10.1. The van der Waals surface area contributed by atoms with Gasteiger partial charge in [0.05, 0.1) is 18.8 Å². The molecule has 0 fully saturated rings. The van der Waals surface area contributed by atoms with E-state index in [2.05, 4.69) is 5.32 Å². The van der Waals surface area contributed by atoms with Gasteiger partial charge in [0, 0.05) is 11.3 Å². The minimum absolute atomic E-state index is 0.197. The Bertz CT molecular complexity index is 710. The van der Waals surface area contributed by atoms with E-state index in [0.717, 1.165) is 0 Å². The van der Waals surface area contributed by atoms with Gasteiger partial charge in [-0.2, -0.15) is 0 Å². The van der Waals surface area contributed by atoms with Gasteiger partial charge in [-0.15, -0.1) is 0 Å². The number of benzene rings is 2. The third kappa shape index (κ3) is 4.57. The van der Waals surface area contributed by atoms with Crippen LogP contribution in [0.1, 0.15) is 34.6 Å². The molecule has 0 aromatic heterocycles. The van der Waals surface area contributed by atoms with Gasteiger partial charge in [-0.25, -0.2) is 4.79 Å². The molecule has 1 N–H and O–H groups in total. The first-order chi connectivity index (χ1) is 11.0. The highest BCUT2D eigenvalue weighted by atomic mass is 16.5. The zero-order chi connectivity index (χ0) is 16.8. The van der Waals surface area contributed by atoms with Crippen molar-refractivity contribution in [3.05, 3.63) is 59.7 Å². The number of anilines is 1. The molecule has 120 valence electrons. The summed E-state index contributed by atoms with van der Waals surface area (Å²) < 4.78 is 10.2. The van der Waals surface area contributed by atoms with E-state index in [1.54, 1.807) is 69.5 Å². The number of nitrogens with one attached hydrogen (secondary N) is 1. The van der Waals surface area contributed by atoms with Gasteiger partial charge in [-0.3, -0.25) is 4.79 Å². The fraction of sp³-hybridized carbons (Fsp3) is 0.222. The van der Waals surface area contributed by atoms with Crippen LogP contribution >= 0.6 is 0 Å². The summed E-state index contributed by atoms with van der Waals surface area (Å²) in [5.41, 5.74) is 1.39. The smallest absolute Gasteiger partial charge is 0.338 e. The molecule has 5 nitrogen and oxygen atoms in total. The van der Waals surface area contributed by atoms with Crippen LogP contribution < -0.4 is 10.1 Å². The van der Waals surface area contributed by atoms with Crippen LogP contribution in [-0.4, -0.2) is 25.1 Å². The topological polar surface area (TPSA) is 64.6 Å². The van der Waals surface area contributed by atoms with E-state index in [4.69, 9.17) is 9.47 Å². The molecular formula is C18H19NO4. The van der Waals surface area contributed by atoms with Gasteiger partial charge >= 0.3 is 5.97 Å². The second kappa shape index (κ2) is 7.45. The molecule has 0 heterocycles. The maximum Gasteiger partial charge on any atom is 0.338 e. The molecule has 0 aliphatic heterocycles. The molecule has 0 radical (unpaired) electrons. The van der Waals surface area contributed by atoms with E-state index in [-0.39, 0.29) is 12.0 Å². The maximum atomic E-state index is 12.3. The molecule has 0 atom stereocenters. The minimum atomic E-state index is -0.419. The molecule has 5 heteroatoms. The Kier molecular flexibility index (Phi) is 5.36. The molecule has 2 rings (SSSR count). The summed E-state index contributed by atoms with van der Waals surface area (Å²) in [6.45, 7) is 3.57. The first-order valence-corrected chi connectivity index (χ1v) is 7.26. The Balaban J connectivity index is 2.13. The van der Waals surface area contributed by atoms with E-state index >= 15 is 0 Å². The average molecular weight is 313 g/mol. The first kappa shape index (κ1) is 16.5. The van der Waals surface area contributed by atoms with E-state index in [1.807, 2.05) is 0 Å². The van der Waals surface area contributed by atoms with E-state index in [1.165, 1.54) is 0 Å². The average Bonchev–Trinajstić information content (AvgIpc) is 2.54. The lowest BCUT2D eigenvalue weighted by Gasteiger charge is -2.10. The Hall–Kier alpha value is -2.82. The molecule has 0 unspecified atom stereocenters. The molecule has 1 amide bonds. The van der Waals surface area contributed by atoms with Crippen molar-refractivity contribution < 1.29 is 19.1 Å². The number of carbonyl (C=O) groups excluding carboxylic acids is 2. The molecule has 23 heavy (non-hydrogen) atoms. The van der Waals surface area contributed by atoms with Crippen molar-refractivity contribution in [2.75, 3.05) is 12.4 Å². The summed E-state index contributed by atoms with van der Waals surface area (Å²) in [6.07, 6.45) is -0.197. The molecule has 0 saturated heterocycles. The van der Waals surface area contributed by atoms with Crippen molar-refractivity contribution in [1.29, 1.82) is 0 Å². The number of hydrogen-bond acceptors (Lipinski definition) is 4. The van der Waals surface area contributed by atoms with Crippen LogP contribution in [0, 0.1) is 0 Å². The third-order valence-electron chi connectivity index (χ3n) is 3.03. The fourth-order valence-electron chi connectivity index (χ4n) is 1.97. The molecular weight excluding hydrogens is 294 g/mol. The van der Waals surface area contributed by atoms with Gasteiger partial charge in [-0.05, 0) is 50.2 Å². The van der Waals surface area contributed by atoms with Gasteiger partial charge < -0.3 is 14.8 Å². The van der Waals surface area contributed by atoms with Crippen LogP contribution in [0.25, 0.3) is 0 Å². The zero-order valence-electron chi connectivity index (χ0n) is 13.3. The second-order valence-electron chi connectivity index (χ2n) is 5.22. The number of methoxy groups -OCH3 is 1. The number of hydrogen-bond donors (Lipinski definition) is 1. The lowest BCUT2D eigenvalue weighted by molar-refractivity contribution is 0.0378. The van der Waals surface area contributed by atoms with E-state index < -0.39 is 5.97 Å². The molecule has 0 aliphatic carbocycles. The van der Waals surface area contributed by atoms with Gasteiger partial charge in [0.15, 0.2) is 0 Å². The standard InChI is InChI=1S/C18H19NO4/c1-12(2)23-18(21)14-7-4-8-15(10-14)19-17(20)13-6-5-9-16(11-13)22-3/h4-12H,1-3H3,(H,19,20). The summed E-state index contributed by atoms with van der Waals surface area (Å²) in [7, 11) is 1.54. The van der Waals surface area contributed by atoms with Crippen molar-refractivity contribution in [3.8, 4) is 5.75 Å². The number of amides is 1. The largest absolute Gasteiger partial charge is 0.497 e. The Morgan fingerprint density at radius 2 is 1.70 bits per heavy atom. The van der Waals surface area contributed by atoms with Crippen molar-refractivity contribution in [2.45, 2.75) is 20.0 Å². The predicted octanol–water partition coefficient (Wildman–Crippen LogP) is 3.51. The summed E-state index contributed by atoms with van der Waals surface area (Å²) in [6, 6.07) is 13.5. The number of ether oxygens (including phenoxy) is 2. The van der Waals surface area contributed by atoms with Crippen LogP contribution in [0.4, 0.5) is 5.69 Å². The molecule has 0 bridgehead atoms. The number of carbonyl (C=O) groups is 2. The number of esters is 1. The van der Waals surface area contributed by atoms with Crippen LogP contribution in [0.3, 0.4) is 0 Å². The first-order valence-electron chi connectivity index (χ1n) is 7.26. The molecule has 2 aromatic rings. The van der Waals surface area contributed by atoms with Gasteiger partial charge in [0.25, 0.3) is 5.91 Å². The predicted molar refractivity (Wildman–Crippen MR) is 87.9 cm³/mol. The summed E-state index contributed by atoms with van der Waals surface area (Å²) in [5.74, 6) is -0.0948. The van der Waals surface area contributed by atoms with Crippen LogP contribution in [0.2, 0.25) is 0 Å². The molecule has 0 spiro atoms. The van der Waals surface area contributed by atoms with E-state index in [9.17, 15) is 9.59 Å². The van der Waals surface area contributed by atoms with Crippen molar-refractivity contribution in [3.63, 3.8) is 0 Å². The van der Waals surface area contributed by atoms with Crippen molar-refractivity contribution >= 4 is 17.6 Å². The molecule has 0 saturated carbocycles. The van der Waals surface area contributed by atoms with Crippen molar-refractivity contribution in [2.24, 2.45) is 0 Å². The van der Waals surface area contributed by atoms with Gasteiger partial charge in [0.2, 0.25) is 0 Å². The minimum Gasteiger partial charge on any atom is -0.497 e. The highest BCUT2D eigenvalue weighted by molar-refractivity contribution is 6.05. The quantitative estimate of drug-likeness (QED) is 0.858. The summed E-state index contributed by atoms with van der Waals surface area (Å²) in [5, 5.41) is 2.76. The normalized spacial score (nSPS) is 10.3.